The average Bonchev–Trinajstić information content (AvgIpc) is 3.05. The Morgan fingerprint density at radius 1 is 1.25 bits per heavy atom. The molecular formula is C23H36N2O3. The summed E-state index contributed by atoms with van der Waals surface area (Å²) in [6.45, 7) is 12.2. The highest BCUT2D eigenvalue weighted by Crippen LogP contribution is 2.35. The van der Waals surface area contributed by atoms with Crippen molar-refractivity contribution in [1.82, 2.24) is 10.2 Å². The highest BCUT2D eigenvalue weighted by atomic mass is 16.5. The number of rotatable bonds is 7. The molecule has 1 aliphatic rings. The molecule has 0 aromatic heterocycles. The summed E-state index contributed by atoms with van der Waals surface area (Å²) < 4.78 is 5.36. The molecular weight excluding hydrogens is 352 g/mol. The van der Waals surface area contributed by atoms with Crippen LogP contribution >= 0.6 is 0 Å². The molecule has 1 aromatic rings. The molecule has 2 rings (SSSR count). The summed E-state index contributed by atoms with van der Waals surface area (Å²) >= 11 is 0. The maximum Gasteiger partial charge on any atom is 0.225 e. The van der Waals surface area contributed by atoms with Crippen molar-refractivity contribution in [3.63, 3.8) is 0 Å². The van der Waals surface area contributed by atoms with Crippen LogP contribution in [-0.2, 0) is 9.59 Å². The number of likely N-dealkylation sites (tertiary alicyclic amines) is 1. The third-order valence-corrected chi connectivity index (χ3v) is 5.23. The van der Waals surface area contributed by atoms with Gasteiger partial charge in [0.1, 0.15) is 5.75 Å². The van der Waals surface area contributed by atoms with Crippen molar-refractivity contribution >= 4 is 11.8 Å². The van der Waals surface area contributed by atoms with Gasteiger partial charge in [-0.3, -0.25) is 9.59 Å². The minimum absolute atomic E-state index is 0.0157. The zero-order valence-electron chi connectivity index (χ0n) is 18.2. The summed E-state index contributed by atoms with van der Waals surface area (Å²) in [5.41, 5.74) is 0.981. The van der Waals surface area contributed by atoms with Gasteiger partial charge in [0.05, 0.1) is 13.0 Å². The van der Waals surface area contributed by atoms with Crippen LogP contribution in [0.25, 0.3) is 0 Å². The van der Waals surface area contributed by atoms with Crippen LogP contribution in [0.1, 0.15) is 58.9 Å². The van der Waals surface area contributed by atoms with Crippen LogP contribution in [0.15, 0.2) is 24.3 Å². The molecule has 5 heteroatoms. The molecule has 0 bridgehead atoms. The predicted octanol–water partition coefficient (Wildman–Crippen LogP) is 3.84. The van der Waals surface area contributed by atoms with Gasteiger partial charge in [-0.2, -0.15) is 0 Å². The number of methoxy groups -OCH3 is 1. The first kappa shape index (κ1) is 22.3. The lowest BCUT2D eigenvalue weighted by Gasteiger charge is -2.23. The zero-order valence-corrected chi connectivity index (χ0v) is 18.2. The molecule has 2 amide bonds. The number of hydrogen-bond acceptors (Lipinski definition) is 3. The van der Waals surface area contributed by atoms with Gasteiger partial charge in [-0.05, 0) is 35.4 Å². The number of nitrogens with one attached hydrogen (secondary N) is 1. The van der Waals surface area contributed by atoms with Gasteiger partial charge in [-0.15, -0.1) is 0 Å². The van der Waals surface area contributed by atoms with Gasteiger partial charge in [-0.25, -0.2) is 0 Å². The molecule has 1 aliphatic heterocycles. The van der Waals surface area contributed by atoms with Crippen molar-refractivity contribution in [2.45, 2.75) is 53.4 Å². The fourth-order valence-electron chi connectivity index (χ4n) is 3.66. The van der Waals surface area contributed by atoms with E-state index in [2.05, 4.69) is 39.9 Å². The van der Waals surface area contributed by atoms with Crippen molar-refractivity contribution in [1.29, 1.82) is 0 Å². The smallest absolute Gasteiger partial charge is 0.225 e. The van der Waals surface area contributed by atoms with E-state index >= 15 is 0 Å². The molecule has 0 aliphatic carbocycles. The summed E-state index contributed by atoms with van der Waals surface area (Å²) in [7, 11) is 1.64. The van der Waals surface area contributed by atoms with Gasteiger partial charge >= 0.3 is 0 Å². The van der Waals surface area contributed by atoms with Crippen LogP contribution in [0.4, 0.5) is 0 Å². The maximum absolute atomic E-state index is 12.9. The predicted molar refractivity (Wildman–Crippen MR) is 112 cm³/mol. The maximum atomic E-state index is 12.9. The Hall–Kier alpha value is -2.04. The van der Waals surface area contributed by atoms with Gasteiger partial charge in [0.15, 0.2) is 0 Å². The summed E-state index contributed by atoms with van der Waals surface area (Å²) in [6, 6.07) is 7.86. The largest absolute Gasteiger partial charge is 0.497 e. The summed E-state index contributed by atoms with van der Waals surface area (Å²) in [5, 5.41) is 3.08. The number of amides is 2. The van der Waals surface area contributed by atoms with E-state index in [-0.39, 0.29) is 29.1 Å². The van der Waals surface area contributed by atoms with E-state index < -0.39 is 0 Å². The number of benzene rings is 1. The quantitative estimate of drug-likeness (QED) is 0.772. The number of nitrogens with zero attached hydrogens (tertiary/aromatic N) is 1. The Morgan fingerprint density at radius 3 is 2.57 bits per heavy atom. The number of carbonyl (C=O) groups excluding carboxylic acids is 2. The van der Waals surface area contributed by atoms with Crippen molar-refractivity contribution in [2.75, 3.05) is 26.7 Å². The molecule has 0 radical (unpaired) electrons. The van der Waals surface area contributed by atoms with Crippen LogP contribution < -0.4 is 10.1 Å². The van der Waals surface area contributed by atoms with Gasteiger partial charge in [0.25, 0.3) is 0 Å². The molecule has 1 N–H and O–H groups in total. The van der Waals surface area contributed by atoms with Crippen LogP contribution in [-0.4, -0.2) is 43.5 Å². The molecule has 1 aromatic carbocycles. The monoisotopic (exact) mass is 388 g/mol. The number of carbonyl (C=O) groups is 2. The lowest BCUT2D eigenvalue weighted by atomic mass is 9.88. The first-order chi connectivity index (χ1) is 13.1. The van der Waals surface area contributed by atoms with Crippen LogP contribution in [0.5, 0.6) is 5.75 Å². The Bertz CT molecular complexity index is 679. The number of ether oxygens (including phenoxy) is 1. The molecule has 2 unspecified atom stereocenters. The first-order valence-electron chi connectivity index (χ1n) is 10.3. The summed E-state index contributed by atoms with van der Waals surface area (Å²) in [4.78, 5) is 27.6. The Labute approximate surface area is 169 Å². The van der Waals surface area contributed by atoms with Crippen molar-refractivity contribution in [2.24, 2.45) is 17.3 Å². The van der Waals surface area contributed by atoms with E-state index in [1.165, 1.54) is 0 Å². The van der Waals surface area contributed by atoms with E-state index in [1.807, 2.05) is 29.2 Å². The van der Waals surface area contributed by atoms with E-state index in [9.17, 15) is 9.59 Å². The second kappa shape index (κ2) is 9.44. The lowest BCUT2D eigenvalue weighted by molar-refractivity contribution is -0.132. The molecule has 0 spiro atoms. The molecule has 5 nitrogen and oxygen atoms in total. The Kier molecular flexibility index (Phi) is 7.50. The minimum Gasteiger partial charge on any atom is -0.497 e. The van der Waals surface area contributed by atoms with E-state index in [1.54, 1.807) is 7.11 Å². The SMILES string of the molecule is COc1cccc(C2CN(C(=O)CC(C)(C)C)CC2C(=O)NCCC(C)C)c1. The standard InChI is InChI=1S/C23H36N2O3/c1-16(2)10-11-24-22(27)20-15-25(21(26)13-23(3,4)5)14-19(20)17-8-7-9-18(12-17)28-6/h7-9,12,16,19-20H,10-11,13-15H2,1-6H3,(H,24,27). The normalized spacial score (nSPS) is 19.8. The van der Waals surface area contributed by atoms with Crippen molar-refractivity contribution in [3.8, 4) is 5.75 Å². The molecule has 1 heterocycles. The second-order valence-electron chi connectivity index (χ2n) is 9.50. The minimum atomic E-state index is -0.233. The molecule has 2 atom stereocenters. The van der Waals surface area contributed by atoms with Crippen LogP contribution in [0.3, 0.4) is 0 Å². The topological polar surface area (TPSA) is 58.6 Å². The third-order valence-electron chi connectivity index (χ3n) is 5.23. The fourth-order valence-corrected chi connectivity index (χ4v) is 3.66. The van der Waals surface area contributed by atoms with Gasteiger partial charge in [-0.1, -0.05) is 46.8 Å². The Balaban J connectivity index is 2.19. The summed E-state index contributed by atoms with van der Waals surface area (Å²) in [5.74, 6) is 1.23. The molecule has 28 heavy (non-hydrogen) atoms. The molecule has 156 valence electrons. The highest BCUT2D eigenvalue weighted by molar-refractivity contribution is 5.83. The lowest BCUT2D eigenvalue weighted by Crippen LogP contribution is -2.36. The molecule has 0 saturated carbocycles. The van der Waals surface area contributed by atoms with E-state index in [0.717, 1.165) is 17.7 Å². The second-order valence-corrected chi connectivity index (χ2v) is 9.50. The van der Waals surface area contributed by atoms with Crippen LogP contribution in [0.2, 0.25) is 0 Å². The van der Waals surface area contributed by atoms with Gasteiger partial charge in [0, 0.05) is 32.0 Å². The number of hydrogen-bond donors (Lipinski definition) is 1. The van der Waals surface area contributed by atoms with Crippen molar-refractivity contribution in [3.05, 3.63) is 29.8 Å². The average molecular weight is 389 g/mol. The third kappa shape index (κ3) is 6.25. The fraction of sp³-hybridized carbons (Fsp3) is 0.652. The van der Waals surface area contributed by atoms with Crippen molar-refractivity contribution < 1.29 is 14.3 Å². The van der Waals surface area contributed by atoms with Gasteiger partial charge in [0.2, 0.25) is 11.8 Å². The Morgan fingerprint density at radius 2 is 1.96 bits per heavy atom. The van der Waals surface area contributed by atoms with Crippen LogP contribution in [0, 0.1) is 17.3 Å². The van der Waals surface area contributed by atoms with E-state index in [0.29, 0.717) is 32.0 Å². The van der Waals surface area contributed by atoms with E-state index in [4.69, 9.17) is 4.74 Å². The summed E-state index contributed by atoms with van der Waals surface area (Å²) in [6.07, 6.45) is 1.44. The molecule has 1 fully saturated rings. The first-order valence-corrected chi connectivity index (χ1v) is 10.3. The highest BCUT2D eigenvalue weighted by Gasteiger charge is 2.40. The van der Waals surface area contributed by atoms with Gasteiger partial charge < -0.3 is 15.0 Å². The molecule has 1 saturated heterocycles. The zero-order chi connectivity index (χ0) is 20.9.